The molecule has 0 aromatic carbocycles. The summed E-state index contributed by atoms with van der Waals surface area (Å²) in [6.45, 7) is 8.83. The van der Waals surface area contributed by atoms with Crippen LogP contribution >= 0.6 is 0 Å². The summed E-state index contributed by atoms with van der Waals surface area (Å²) < 4.78 is 0. The van der Waals surface area contributed by atoms with Crippen molar-refractivity contribution >= 4 is 12.0 Å². The number of hydrogen-bond donors (Lipinski definition) is 2. The van der Waals surface area contributed by atoms with Crippen LogP contribution in [0.1, 0.15) is 33.6 Å². The molecule has 1 saturated heterocycles. The highest BCUT2D eigenvalue weighted by molar-refractivity contribution is 5.75. The van der Waals surface area contributed by atoms with E-state index in [0.717, 1.165) is 32.5 Å². The summed E-state index contributed by atoms with van der Waals surface area (Å²) in [7, 11) is 0. The zero-order chi connectivity index (χ0) is 15.6. The van der Waals surface area contributed by atoms with Crippen molar-refractivity contribution in [3.63, 3.8) is 0 Å². The van der Waals surface area contributed by atoms with E-state index < -0.39 is 5.97 Å². The molecule has 6 heteroatoms. The first-order valence-corrected chi connectivity index (χ1v) is 7.92. The van der Waals surface area contributed by atoms with E-state index >= 15 is 0 Å². The fourth-order valence-electron chi connectivity index (χ4n) is 3.24. The number of urea groups is 1. The van der Waals surface area contributed by atoms with Crippen LogP contribution in [0.25, 0.3) is 0 Å². The predicted molar refractivity (Wildman–Crippen MR) is 80.1 cm³/mol. The molecule has 2 N–H and O–H groups in total. The SMILES string of the molecule is CCN(CC(=O)O)C1CC(NC(=O)N2CC(C)C(C)C2)C1. The molecule has 2 atom stereocenters. The average Bonchev–Trinajstić information content (AvgIpc) is 2.71. The molecule has 0 spiro atoms. The minimum Gasteiger partial charge on any atom is -0.480 e. The number of rotatable bonds is 5. The molecule has 1 saturated carbocycles. The lowest BCUT2D eigenvalue weighted by Crippen LogP contribution is -2.56. The minimum absolute atomic E-state index is 0.0379. The number of carboxylic acids is 1. The van der Waals surface area contributed by atoms with E-state index in [2.05, 4.69) is 19.2 Å². The van der Waals surface area contributed by atoms with E-state index in [1.54, 1.807) is 0 Å². The second-order valence-corrected chi connectivity index (χ2v) is 6.59. The van der Waals surface area contributed by atoms with Crippen molar-refractivity contribution in [1.82, 2.24) is 15.1 Å². The van der Waals surface area contributed by atoms with E-state index in [-0.39, 0.29) is 24.7 Å². The van der Waals surface area contributed by atoms with Crippen molar-refractivity contribution in [2.75, 3.05) is 26.2 Å². The third kappa shape index (κ3) is 3.87. The summed E-state index contributed by atoms with van der Waals surface area (Å²) >= 11 is 0. The second kappa shape index (κ2) is 6.64. The molecule has 0 radical (unpaired) electrons. The zero-order valence-corrected chi connectivity index (χ0v) is 13.2. The molecule has 21 heavy (non-hydrogen) atoms. The minimum atomic E-state index is -0.788. The molecule has 120 valence electrons. The highest BCUT2D eigenvalue weighted by Gasteiger charge is 2.36. The van der Waals surface area contributed by atoms with Crippen LogP contribution in [0.5, 0.6) is 0 Å². The van der Waals surface area contributed by atoms with Crippen LogP contribution in [0.4, 0.5) is 4.79 Å². The van der Waals surface area contributed by atoms with Crippen molar-refractivity contribution < 1.29 is 14.7 Å². The molecule has 2 aliphatic rings. The Hall–Kier alpha value is -1.30. The van der Waals surface area contributed by atoms with Gasteiger partial charge >= 0.3 is 12.0 Å². The Bertz CT molecular complexity index is 386. The zero-order valence-electron chi connectivity index (χ0n) is 13.2. The molecule has 1 aliphatic heterocycles. The lowest BCUT2D eigenvalue weighted by Gasteiger charge is -2.42. The maximum Gasteiger partial charge on any atom is 0.317 e. The highest BCUT2D eigenvalue weighted by atomic mass is 16.4. The monoisotopic (exact) mass is 297 g/mol. The van der Waals surface area contributed by atoms with Gasteiger partial charge in [-0.3, -0.25) is 9.69 Å². The average molecular weight is 297 g/mol. The van der Waals surface area contributed by atoms with Gasteiger partial charge < -0.3 is 15.3 Å². The lowest BCUT2D eigenvalue weighted by molar-refractivity contribution is -0.139. The van der Waals surface area contributed by atoms with E-state index in [0.29, 0.717) is 11.8 Å². The molecule has 2 rings (SSSR count). The van der Waals surface area contributed by atoms with Gasteiger partial charge in [0.1, 0.15) is 0 Å². The van der Waals surface area contributed by atoms with Crippen LogP contribution < -0.4 is 5.32 Å². The van der Waals surface area contributed by atoms with Gasteiger partial charge in [0.25, 0.3) is 0 Å². The van der Waals surface area contributed by atoms with E-state index in [4.69, 9.17) is 5.11 Å². The van der Waals surface area contributed by atoms with Crippen LogP contribution in [-0.4, -0.2) is 65.2 Å². The molecule has 0 aromatic heterocycles. The number of carboxylic acid groups (broad SMARTS) is 1. The Labute approximate surface area is 126 Å². The standard InChI is InChI=1S/C15H27N3O3/c1-4-17(9-14(19)20)13-5-12(6-13)16-15(21)18-7-10(2)11(3)8-18/h10-13H,4-9H2,1-3H3,(H,16,21)(H,19,20). The normalized spacial score (nSPS) is 32.1. The Morgan fingerprint density at radius 1 is 1.24 bits per heavy atom. The van der Waals surface area contributed by atoms with Crippen LogP contribution in [0.2, 0.25) is 0 Å². The van der Waals surface area contributed by atoms with Crippen LogP contribution in [0.3, 0.4) is 0 Å². The molecule has 0 bridgehead atoms. The number of hydrogen-bond acceptors (Lipinski definition) is 3. The number of carbonyl (C=O) groups excluding carboxylic acids is 1. The summed E-state index contributed by atoms with van der Waals surface area (Å²) in [6, 6.07) is 0.514. The second-order valence-electron chi connectivity index (χ2n) is 6.59. The molecular weight excluding hydrogens is 270 g/mol. The van der Waals surface area contributed by atoms with Crippen molar-refractivity contribution in [3.05, 3.63) is 0 Å². The van der Waals surface area contributed by atoms with Crippen LogP contribution in [0.15, 0.2) is 0 Å². The Kier molecular flexibility index (Phi) is 5.08. The summed E-state index contributed by atoms with van der Waals surface area (Å²) in [5.74, 6) is 0.344. The van der Waals surface area contributed by atoms with E-state index in [1.807, 2.05) is 16.7 Å². The first-order chi connectivity index (χ1) is 9.90. The number of nitrogens with one attached hydrogen (secondary N) is 1. The van der Waals surface area contributed by atoms with Gasteiger partial charge in [0.2, 0.25) is 0 Å². The van der Waals surface area contributed by atoms with Crippen molar-refractivity contribution in [3.8, 4) is 0 Å². The first-order valence-electron chi connectivity index (χ1n) is 7.92. The Morgan fingerprint density at radius 3 is 2.29 bits per heavy atom. The van der Waals surface area contributed by atoms with Gasteiger partial charge in [0.15, 0.2) is 0 Å². The smallest absolute Gasteiger partial charge is 0.317 e. The van der Waals surface area contributed by atoms with Gasteiger partial charge in [0.05, 0.1) is 6.54 Å². The molecule has 2 unspecified atom stereocenters. The predicted octanol–water partition coefficient (Wildman–Crippen LogP) is 1.22. The Balaban J connectivity index is 1.72. The van der Waals surface area contributed by atoms with Gasteiger partial charge in [-0.25, -0.2) is 4.79 Å². The fourth-order valence-corrected chi connectivity index (χ4v) is 3.24. The first kappa shape index (κ1) is 16.1. The molecule has 6 nitrogen and oxygen atoms in total. The molecule has 2 fully saturated rings. The molecule has 2 amide bonds. The third-order valence-electron chi connectivity index (χ3n) is 4.98. The largest absolute Gasteiger partial charge is 0.480 e. The summed E-state index contributed by atoms with van der Waals surface area (Å²) in [6.07, 6.45) is 1.71. The summed E-state index contributed by atoms with van der Waals surface area (Å²) in [5, 5.41) is 11.9. The Morgan fingerprint density at radius 2 is 1.81 bits per heavy atom. The molecule has 1 aliphatic carbocycles. The topological polar surface area (TPSA) is 72.9 Å². The fraction of sp³-hybridized carbons (Fsp3) is 0.867. The molecule has 1 heterocycles. The summed E-state index contributed by atoms with van der Waals surface area (Å²) in [5.41, 5.74) is 0. The van der Waals surface area contributed by atoms with E-state index in [1.165, 1.54) is 0 Å². The highest BCUT2D eigenvalue weighted by Crippen LogP contribution is 2.27. The number of carbonyl (C=O) groups is 2. The van der Waals surface area contributed by atoms with Gasteiger partial charge in [-0.2, -0.15) is 0 Å². The maximum atomic E-state index is 12.2. The lowest BCUT2D eigenvalue weighted by atomic mass is 9.85. The van der Waals surface area contributed by atoms with Gasteiger partial charge in [0, 0.05) is 25.2 Å². The van der Waals surface area contributed by atoms with Gasteiger partial charge in [-0.15, -0.1) is 0 Å². The van der Waals surface area contributed by atoms with Crippen molar-refractivity contribution in [2.24, 2.45) is 11.8 Å². The van der Waals surface area contributed by atoms with Crippen LogP contribution in [0, 0.1) is 11.8 Å². The maximum absolute atomic E-state index is 12.2. The number of likely N-dealkylation sites (N-methyl/N-ethyl adjacent to an activating group) is 1. The van der Waals surface area contributed by atoms with Gasteiger partial charge in [-0.1, -0.05) is 20.8 Å². The quantitative estimate of drug-likeness (QED) is 0.800. The third-order valence-corrected chi connectivity index (χ3v) is 4.98. The number of likely N-dealkylation sites (tertiary alicyclic amines) is 1. The number of aliphatic carboxylic acids is 1. The van der Waals surface area contributed by atoms with E-state index in [9.17, 15) is 9.59 Å². The number of amides is 2. The molecule has 0 aromatic rings. The van der Waals surface area contributed by atoms with Crippen molar-refractivity contribution in [2.45, 2.75) is 45.7 Å². The summed E-state index contributed by atoms with van der Waals surface area (Å²) in [4.78, 5) is 26.8. The van der Waals surface area contributed by atoms with Crippen LogP contribution in [-0.2, 0) is 4.79 Å². The van der Waals surface area contributed by atoms with Crippen molar-refractivity contribution in [1.29, 1.82) is 0 Å². The number of nitrogens with zero attached hydrogens (tertiary/aromatic N) is 2. The molecular formula is C15H27N3O3. The van der Waals surface area contributed by atoms with Gasteiger partial charge in [-0.05, 0) is 31.2 Å².